The van der Waals surface area contributed by atoms with Gasteiger partial charge < -0.3 is 24.8 Å². The van der Waals surface area contributed by atoms with Gasteiger partial charge in [-0.2, -0.15) is 0 Å². The van der Waals surface area contributed by atoms with Crippen LogP contribution in [0.4, 0.5) is 0 Å². The van der Waals surface area contributed by atoms with E-state index in [-0.39, 0.29) is 6.61 Å². The molecule has 3 N–H and O–H groups in total. The van der Waals surface area contributed by atoms with Crippen LogP contribution < -0.4 is 0 Å². The van der Waals surface area contributed by atoms with Crippen molar-refractivity contribution in [2.24, 2.45) is 0 Å². The van der Waals surface area contributed by atoms with Gasteiger partial charge in [0.2, 0.25) is 0 Å². The first-order chi connectivity index (χ1) is 10.1. The molecule has 0 aromatic heterocycles. The normalized spacial score (nSPS) is 33.0. The van der Waals surface area contributed by atoms with Crippen LogP contribution in [0.1, 0.15) is 12.5 Å². The Morgan fingerprint density at radius 2 is 1.81 bits per heavy atom. The minimum absolute atomic E-state index is 0.167. The maximum Gasteiger partial charge on any atom is 0.132 e. The maximum atomic E-state index is 9.97. The number of hydrogen-bond acceptors (Lipinski definition) is 6. The highest BCUT2D eigenvalue weighted by Crippen LogP contribution is 2.28. The van der Waals surface area contributed by atoms with Crippen molar-refractivity contribution in [1.82, 2.24) is 0 Å². The van der Waals surface area contributed by atoms with E-state index in [1.807, 2.05) is 37.3 Å². The van der Waals surface area contributed by atoms with Crippen LogP contribution in [0.25, 0.3) is 0 Å². The molecule has 1 saturated heterocycles. The molecule has 0 amide bonds. The zero-order valence-electron chi connectivity index (χ0n) is 12.0. The minimum Gasteiger partial charge on any atom is -0.387 e. The number of benzene rings is 1. The summed E-state index contributed by atoms with van der Waals surface area (Å²) in [5.41, 5.74) is 0.488. The fraction of sp³-hybridized carbons (Fsp3) is 0.600. The third-order valence-corrected chi connectivity index (χ3v) is 4.44. The highest BCUT2D eigenvalue weighted by Gasteiger charge is 2.43. The number of ether oxygens (including phenoxy) is 2. The van der Waals surface area contributed by atoms with Gasteiger partial charge in [0.1, 0.15) is 29.9 Å². The molecule has 5 atom stereocenters. The average Bonchev–Trinajstić information content (AvgIpc) is 2.51. The molecule has 21 heavy (non-hydrogen) atoms. The molecule has 0 aliphatic carbocycles. The zero-order chi connectivity index (χ0) is 15.2. The van der Waals surface area contributed by atoms with Crippen LogP contribution >= 0.6 is 11.8 Å². The summed E-state index contributed by atoms with van der Waals surface area (Å²) in [6.45, 7) is 2.53. The van der Waals surface area contributed by atoms with Crippen molar-refractivity contribution in [1.29, 1.82) is 0 Å². The monoisotopic (exact) mass is 314 g/mol. The molecule has 0 bridgehead atoms. The van der Waals surface area contributed by atoms with E-state index in [1.165, 1.54) is 11.8 Å². The van der Waals surface area contributed by atoms with Crippen molar-refractivity contribution < 1.29 is 24.8 Å². The van der Waals surface area contributed by atoms with Gasteiger partial charge in [0.25, 0.3) is 0 Å². The smallest absolute Gasteiger partial charge is 0.132 e. The van der Waals surface area contributed by atoms with Crippen LogP contribution in [0, 0.1) is 0 Å². The molecular formula is C15H22O5S. The molecule has 0 saturated carbocycles. The van der Waals surface area contributed by atoms with Crippen molar-refractivity contribution in [3.8, 4) is 0 Å². The third kappa shape index (κ3) is 4.42. The van der Waals surface area contributed by atoms with Crippen molar-refractivity contribution in [3.05, 3.63) is 35.9 Å². The molecule has 0 radical (unpaired) electrons. The van der Waals surface area contributed by atoms with Gasteiger partial charge in [0, 0.05) is 0 Å². The molecule has 1 aliphatic heterocycles. The van der Waals surface area contributed by atoms with Crippen molar-refractivity contribution >= 4 is 11.8 Å². The van der Waals surface area contributed by atoms with E-state index >= 15 is 0 Å². The Morgan fingerprint density at radius 3 is 2.48 bits per heavy atom. The zero-order valence-corrected chi connectivity index (χ0v) is 12.8. The summed E-state index contributed by atoms with van der Waals surface area (Å²) < 4.78 is 11.2. The average molecular weight is 314 g/mol. The van der Waals surface area contributed by atoms with Gasteiger partial charge >= 0.3 is 0 Å². The predicted molar refractivity (Wildman–Crippen MR) is 80.9 cm³/mol. The summed E-state index contributed by atoms with van der Waals surface area (Å²) in [7, 11) is 0. The fourth-order valence-corrected chi connectivity index (χ4v) is 3.13. The standard InChI is InChI=1S/C15H22O5S/c1-2-21-15-14(18)13(17)12(16)11(20-15)9-19-8-10-6-4-3-5-7-10/h3-7,11-18H,2,8-9H2,1H3. The molecule has 1 aromatic carbocycles. The summed E-state index contributed by atoms with van der Waals surface area (Å²) in [6, 6.07) is 9.69. The molecule has 1 aliphatic rings. The van der Waals surface area contributed by atoms with E-state index in [0.29, 0.717) is 6.61 Å². The molecule has 0 spiro atoms. The quantitative estimate of drug-likeness (QED) is 0.720. The lowest BCUT2D eigenvalue weighted by Crippen LogP contribution is -2.57. The second-order valence-electron chi connectivity index (χ2n) is 4.97. The van der Waals surface area contributed by atoms with Gasteiger partial charge in [0.15, 0.2) is 0 Å². The lowest BCUT2D eigenvalue weighted by atomic mass is 10.0. The highest BCUT2D eigenvalue weighted by molar-refractivity contribution is 7.99. The Bertz CT molecular complexity index is 416. The number of hydrogen-bond donors (Lipinski definition) is 3. The summed E-state index contributed by atoms with van der Waals surface area (Å²) in [5, 5.41) is 29.7. The molecule has 5 unspecified atom stereocenters. The number of aliphatic hydroxyl groups is 3. The Labute approximate surface area is 128 Å². The summed E-state index contributed by atoms with van der Waals surface area (Å²) in [4.78, 5) is 0. The van der Waals surface area contributed by atoms with Crippen LogP contribution in [-0.2, 0) is 16.1 Å². The molecule has 5 nitrogen and oxygen atoms in total. The Hall–Kier alpha value is -0.630. The van der Waals surface area contributed by atoms with Crippen LogP contribution in [0.15, 0.2) is 30.3 Å². The van der Waals surface area contributed by atoms with Crippen LogP contribution in [0.3, 0.4) is 0 Å². The second kappa shape index (κ2) is 8.12. The SMILES string of the molecule is CCSC1OC(COCc2ccccc2)C(O)C(O)C1O. The first-order valence-corrected chi connectivity index (χ1v) is 8.11. The molecule has 1 heterocycles. The van der Waals surface area contributed by atoms with Gasteiger partial charge in [-0.05, 0) is 11.3 Å². The summed E-state index contributed by atoms with van der Waals surface area (Å²) in [5.74, 6) is 0.752. The lowest BCUT2D eigenvalue weighted by Gasteiger charge is -2.40. The second-order valence-corrected chi connectivity index (χ2v) is 6.35. The Kier molecular flexibility index (Phi) is 6.47. The predicted octanol–water partition coefficient (Wildman–Crippen LogP) is 0.764. The largest absolute Gasteiger partial charge is 0.387 e. The summed E-state index contributed by atoms with van der Waals surface area (Å²) >= 11 is 1.40. The highest BCUT2D eigenvalue weighted by atomic mass is 32.2. The number of thioether (sulfide) groups is 1. The third-order valence-electron chi connectivity index (χ3n) is 3.39. The van der Waals surface area contributed by atoms with E-state index < -0.39 is 29.9 Å². The van der Waals surface area contributed by atoms with E-state index in [2.05, 4.69) is 0 Å². The molecule has 2 rings (SSSR count). The molecule has 118 valence electrons. The molecular weight excluding hydrogens is 292 g/mol. The first-order valence-electron chi connectivity index (χ1n) is 7.06. The summed E-state index contributed by atoms with van der Waals surface area (Å²) in [6.07, 6.45) is -4.09. The van der Waals surface area contributed by atoms with Crippen LogP contribution in [0.2, 0.25) is 0 Å². The van der Waals surface area contributed by atoms with Crippen molar-refractivity contribution in [2.45, 2.75) is 43.4 Å². The van der Waals surface area contributed by atoms with E-state index in [0.717, 1.165) is 11.3 Å². The van der Waals surface area contributed by atoms with E-state index in [4.69, 9.17) is 9.47 Å². The Balaban J connectivity index is 1.86. The first kappa shape index (κ1) is 16.7. The minimum atomic E-state index is -1.21. The van der Waals surface area contributed by atoms with Crippen molar-refractivity contribution in [3.63, 3.8) is 0 Å². The van der Waals surface area contributed by atoms with Gasteiger partial charge in [-0.15, -0.1) is 11.8 Å². The van der Waals surface area contributed by atoms with Gasteiger partial charge in [-0.3, -0.25) is 0 Å². The topological polar surface area (TPSA) is 79.2 Å². The van der Waals surface area contributed by atoms with Crippen LogP contribution in [0.5, 0.6) is 0 Å². The van der Waals surface area contributed by atoms with Gasteiger partial charge in [-0.1, -0.05) is 37.3 Å². The Morgan fingerprint density at radius 1 is 1.10 bits per heavy atom. The van der Waals surface area contributed by atoms with Gasteiger partial charge in [0.05, 0.1) is 13.2 Å². The van der Waals surface area contributed by atoms with Crippen LogP contribution in [-0.4, -0.2) is 57.5 Å². The number of rotatable bonds is 6. The fourth-order valence-electron chi connectivity index (χ4n) is 2.22. The van der Waals surface area contributed by atoms with E-state index in [1.54, 1.807) is 0 Å². The molecule has 1 fully saturated rings. The maximum absolute atomic E-state index is 9.97. The van der Waals surface area contributed by atoms with Crippen molar-refractivity contribution in [2.75, 3.05) is 12.4 Å². The number of aliphatic hydroxyl groups excluding tert-OH is 3. The molecule has 1 aromatic rings. The van der Waals surface area contributed by atoms with Gasteiger partial charge in [-0.25, -0.2) is 0 Å². The molecule has 6 heteroatoms. The van der Waals surface area contributed by atoms with E-state index in [9.17, 15) is 15.3 Å². The lowest BCUT2D eigenvalue weighted by molar-refractivity contribution is -0.210.